The molecule has 1 aromatic rings. The fraction of sp³-hybridized carbons (Fsp3) is 0.640. The van der Waals surface area contributed by atoms with E-state index in [9.17, 15) is 9.59 Å². The maximum atomic E-state index is 13.2. The average Bonchev–Trinajstić information content (AvgIpc) is 3.37. The third-order valence-electron chi connectivity index (χ3n) is 6.35. The van der Waals surface area contributed by atoms with Crippen molar-refractivity contribution >= 4 is 17.8 Å². The maximum absolute atomic E-state index is 13.2. The smallest absolute Gasteiger partial charge is 0.257 e. The Morgan fingerprint density at radius 1 is 1.09 bits per heavy atom. The molecule has 0 saturated carbocycles. The molecule has 0 spiro atoms. The highest BCUT2D eigenvalue weighted by atomic mass is 16.7. The van der Waals surface area contributed by atoms with Crippen LogP contribution in [0.4, 0.5) is 0 Å². The van der Waals surface area contributed by atoms with E-state index in [-0.39, 0.29) is 18.6 Å². The van der Waals surface area contributed by atoms with Gasteiger partial charge in [0.15, 0.2) is 17.5 Å². The lowest BCUT2D eigenvalue weighted by Crippen LogP contribution is -2.44. The van der Waals surface area contributed by atoms with E-state index in [2.05, 4.69) is 24.2 Å². The topological polar surface area (TPSA) is 106 Å². The van der Waals surface area contributed by atoms with E-state index in [1.54, 1.807) is 4.90 Å². The second kappa shape index (κ2) is 11.9. The van der Waals surface area contributed by atoms with Gasteiger partial charge in [0.2, 0.25) is 12.7 Å². The van der Waals surface area contributed by atoms with Crippen LogP contribution >= 0.6 is 0 Å². The number of nitrogens with zero attached hydrogens (tertiary/aromatic N) is 2. The molecule has 8 nitrogen and oxygen atoms in total. The standard InChI is InChI=1S/C25H38N4O4/c1-3-5-13-25(14-6-4-2)23(31)29(24(26)28-25)15-9-7-8-10-22(30)27-17-19-11-12-20-21(16-19)33-18-32-20/h11-12,16H,3-10,13-15,17-18H2,1-2H3,(H2,26,28)(H,27,30). The molecule has 3 rings (SSSR count). The zero-order valence-corrected chi connectivity index (χ0v) is 20.0. The number of carbonyl (C=O) groups is 2. The molecule has 0 fully saturated rings. The van der Waals surface area contributed by atoms with Crippen LogP contribution in [0.5, 0.6) is 11.5 Å². The van der Waals surface area contributed by atoms with E-state index in [1.165, 1.54) is 0 Å². The van der Waals surface area contributed by atoms with E-state index in [1.807, 2.05) is 18.2 Å². The number of benzene rings is 1. The number of hydrogen-bond donors (Lipinski definition) is 2. The van der Waals surface area contributed by atoms with E-state index >= 15 is 0 Å². The van der Waals surface area contributed by atoms with Crippen molar-refractivity contribution in [1.82, 2.24) is 10.2 Å². The van der Waals surface area contributed by atoms with Crippen LogP contribution in [0.2, 0.25) is 0 Å². The van der Waals surface area contributed by atoms with Gasteiger partial charge in [-0.2, -0.15) is 0 Å². The molecule has 0 aliphatic carbocycles. The Bertz CT molecular complexity index is 847. The Hall–Kier alpha value is -2.77. The van der Waals surface area contributed by atoms with Crippen LogP contribution in [0.3, 0.4) is 0 Å². The van der Waals surface area contributed by atoms with Crippen LogP contribution in [0.15, 0.2) is 23.2 Å². The van der Waals surface area contributed by atoms with Crippen molar-refractivity contribution in [2.24, 2.45) is 10.7 Å². The van der Waals surface area contributed by atoms with Gasteiger partial charge in [0, 0.05) is 19.5 Å². The first-order valence-corrected chi connectivity index (χ1v) is 12.3. The molecule has 33 heavy (non-hydrogen) atoms. The summed E-state index contributed by atoms with van der Waals surface area (Å²) >= 11 is 0. The van der Waals surface area contributed by atoms with Crippen molar-refractivity contribution in [2.45, 2.75) is 90.1 Å². The van der Waals surface area contributed by atoms with Gasteiger partial charge >= 0.3 is 0 Å². The summed E-state index contributed by atoms with van der Waals surface area (Å²) in [5.41, 5.74) is 6.47. The molecule has 0 aromatic heterocycles. The molecule has 0 atom stereocenters. The molecule has 0 unspecified atom stereocenters. The lowest BCUT2D eigenvalue weighted by molar-refractivity contribution is -0.132. The summed E-state index contributed by atoms with van der Waals surface area (Å²) in [6.07, 6.45) is 8.43. The predicted octanol–water partition coefficient (Wildman–Crippen LogP) is 3.87. The normalized spacial score (nSPS) is 16.2. The monoisotopic (exact) mass is 458 g/mol. The molecule has 8 heteroatoms. The summed E-state index contributed by atoms with van der Waals surface area (Å²) in [6, 6.07) is 5.67. The number of fused-ring (bicyclic) bond motifs is 1. The molecule has 3 N–H and O–H groups in total. The van der Waals surface area contributed by atoms with Crippen LogP contribution in [0.1, 0.15) is 83.6 Å². The zero-order valence-electron chi connectivity index (χ0n) is 20.0. The molecule has 2 aliphatic rings. The number of unbranched alkanes of at least 4 members (excludes halogenated alkanes) is 4. The fourth-order valence-electron chi connectivity index (χ4n) is 4.36. The minimum atomic E-state index is -0.662. The summed E-state index contributed by atoms with van der Waals surface area (Å²) in [7, 11) is 0. The van der Waals surface area contributed by atoms with Crippen molar-refractivity contribution in [1.29, 1.82) is 0 Å². The highest BCUT2D eigenvalue weighted by Crippen LogP contribution is 2.33. The van der Waals surface area contributed by atoms with E-state index in [4.69, 9.17) is 15.2 Å². The van der Waals surface area contributed by atoms with Gasteiger partial charge in [-0.3, -0.25) is 14.5 Å². The molecule has 2 amide bonds. The van der Waals surface area contributed by atoms with Crippen LogP contribution in [-0.4, -0.2) is 41.6 Å². The van der Waals surface area contributed by atoms with Gasteiger partial charge < -0.3 is 20.5 Å². The number of hydrogen-bond acceptors (Lipinski definition) is 6. The summed E-state index contributed by atoms with van der Waals surface area (Å²) in [4.78, 5) is 31.7. The lowest BCUT2D eigenvalue weighted by atomic mass is 9.87. The number of guanidine groups is 1. The first-order chi connectivity index (χ1) is 16.0. The maximum Gasteiger partial charge on any atom is 0.257 e. The van der Waals surface area contributed by atoms with Crippen molar-refractivity contribution in [3.05, 3.63) is 23.8 Å². The number of aliphatic imine (C=N–C) groups is 1. The second-order valence-corrected chi connectivity index (χ2v) is 8.94. The van der Waals surface area contributed by atoms with E-state index in [0.717, 1.165) is 74.8 Å². The molecule has 0 saturated heterocycles. The molecule has 0 bridgehead atoms. The van der Waals surface area contributed by atoms with Gasteiger partial charge in [0.05, 0.1) is 0 Å². The van der Waals surface area contributed by atoms with Crippen LogP contribution < -0.4 is 20.5 Å². The largest absolute Gasteiger partial charge is 0.454 e. The van der Waals surface area contributed by atoms with Gasteiger partial charge in [-0.25, -0.2) is 4.99 Å². The van der Waals surface area contributed by atoms with Crippen LogP contribution in [0.25, 0.3) is 0 Å². The number of rotatable bonds is 14. The third-order valence-corrected chi connectivity index (χ3v) is 6.35. The van der Waals surface area contributed by atoms with Crippen molar-refractivity contribution in [2.75, 3.05) is 13.3 Å². The second-order valence-electron chi connectivity index (χ2n) is 8.94. The number of nitrogens with two attached hydrogens (primary N) is 1. The quantitative estimate of drug-likeness (QED) is 0.412. The summed E-state index contributed by atoms with van der Waals surface area (Å²) in [5, 5.41) is 2.95. The summed E-state index contributed by atoms with van der Waals surface area (Å²) < 4.78 is 10.7. The minimum absolute atomic E-state index is 0.0177. The molecule has 0 radical (unpaired) electrons. The van der Waals surface area contributed by atoms with Crippen LogP contribution in [0, 0.1) is 0 Å². The average molecular weight is 459 g/mol. The molecule has 2 aliphatic heterocycles. The SMILES string of the molecule is CCCCC1(CCCC)N=C(N)N(CCCCCC(=O)NCc2ccc3c(c2)OCO3)C1=O. The van der Waals surface area contributed by atoms with Gasteiger partial charge in [0.25, 0.3) is 5.91 Å². The van der Waals surface area contributed by atoms with Crippen LogP contribution in [-0.2, 0) is 16.1 Å². The number of ether oxygens (including phenoxy) is 2. The third kappa shape index (κ3) is 6.39. The summed E-state index contributed by atoms with van der Waals surface area (Å²) in [5.74, 6) is 1.89. The van der Waals surface area contributed by atoms with E-state index < -0.39 is 5.54 Å². The zero-order chi connectivity index (χ0) is 23.7. The van der Waals surface area contributed by atoms with E-state index in [0.29, 0.717) is 25.5 Å². The molecular formula is C25H38N4O4. The molecular weight excluding hydrogens is 420 g/mol. The fourth-order valence-corrected chi connectivity index (χ4v) is 4.36. The molecule has 2 heterocycles. The number of carbonyl (C=O) groups excluding carboxylic acids is 2. The van der Waals surface area contributed by atoms with Gasteiger partial charge in [-0.15, -0.1) is 0 Å². The number of nitrogens with one attached hydrogen (secondary N) is 1. The Balaban J connectivity index is 1.36. The van der Waals surface area contributed by atoms with Gasteiger partial charge in [-0.1, -0.05) is 52.0 Å². The highest BCUT2D eigenvalue weighted by molar-refractivity contribution is 6.06. The van der Waals surface area contributed by atoms with Crippen molar-refractivity contribution < 1.29 is 19.1 Å². The minimum Gasteiger partial charge on any atom is -0.454 e. The molecule has 1 aromatic carbocycles. The summed E-state index contributed by atoms with van der Waals surface area (Å²) in [6.45, 7) is 5.52. The predicted molar refractivity (Wildman–Crippen MR) is 128 cm³/mol. The van der Waals surface area contributed by atoms with Crippen molar-refractivity contribution in [3.8, 4) is 11.5 Å². The van der Waals surface area contributed by atoms with Crippen molar-refractivity contribution in [3.63, 3.8) is 0 Å². The lowest BCUT2D eigenvalue weighted by Gasteiger charge is -2.26. The Morgan fingerprint density at radius 2 is 1.82 bits per heavy atom. The Labute approximate surface area is 196 Å². The first kappa shape index (κ1) is 24.9. The Morgan fingerprint density at radius 3 is 2.55 bits per heavy atom. The van der Waals surface area contributed by atoms with Gasteiger partial charge in [-0.05, 0) is 43.4 Å². The Kier molecular flexibility index (Phi) is 8.97. The number of amides is 2. The highest BCUT2D eigenvalue weighted by Gasteiger charge is 2.46. The van der Waals surface area contributed by atoms with Gasteiger partial charge in [0.1, 0.15) is 5.54 Å². The first-order valence-electron chi connectivity index (χ1n) is 12.3. The molecule has 182 valence electrons.